The van der Waals surface area contributed by atoms with Crippen LogP contribution in [0.2, 0.25) is 0 Å². The summed E-state index contributed by atoms with van der Waals surface area (Å²) in [5.41, 5.74) is 1.96. The number of hydrogen-bond donors (Lipinski definition) is 2. The van der Waals surface area contributed by atoms with Crippen LogP contribution in [0, 0.1) is 12.8 Å². The summed E-state index contributed by atoms with van der Waals surface area (Å²) in [7, 11) is 0. The number of fused-ring (bicyclic) bond motifs is 1. The van der Waals surface area contributed by atoms with Crippen molar-refractivity contribution in [3.8, 4) is 0 Å². The smallest absolute Gasteiger partial charge is 0.326 e. The first-order chi connectivity index (χ1) is 8.50. The molecule has 0 bridgehead atoms. The Balaban J connectivity index is 2.39. The van der Waals surface area contributed by atoms with Gasteiger partial charge in [0.15, 0.2) is 0 Å². The fraction of sp³-hybridized carbons (Fsp3) is 0.417. The van der Waals surface area contributed by atoms with Crippen molar-refractivity contribution in [3.63, 3.8) is 0 Å². The monoisotopic (exact) mass is 265 g/mol. The van der Waals surface area contributed by atoms with E-state index in [1.54, 1.807) is 0 Å². The number of nitrogens with one attached hydrogen (secondary N) is 1. The molecule has 0 aliphatic heterocycles. The molecule has 2 aromatic rings. The summed E-state index contributed by atoms with van der Waals surface area (Å²) in [5.74, 6) is -0.294. The van der Waals surface area contributed by atoms with Gasteiger partial charge in [-0.2, -0.15) is 0 Å². The average Bonchev–Trinajstić information content (AvgIpc) is 2.68. The summed E-state index contributed by atoms with van der Waals surface area (Å²) >= 11 is 1.53. The summed E-state index contributed by atoms with van der Waals surface area (Å²) in [4.78, 5) is 19.5. The lowest BCUT2D eigenvalue weighted by molar-refractivity contribution is -0.138. The molecular formula is C12H15N3O2S. The van der Waals surface area contributed by atoms with Crippen molar-refractivity contribution in [3.05, 3.63) is 17.3 Å². The number of aromatic nitrogens is 2. The van der Waals surface area contributed by atoms with Gasteiger partial charge < -0.3 is 10.4 Å². The van der Waals surface area contributed by atoms with Crippen LogP contribution in [0.3, 0.4) is 0 Å². The normalized spacial score (nSPS) is 12.9. The second kappa shape index (κ2) is 4.89. The highest BCUT2D eigenvalue weighted by Crippen LogP contribution is 2.29. The van der Waals surface area contributed by atoms with Gasteiger partial charge in [-0.05, 0) is 23.8 Å². The van der Waals surface area contributed by atoms with Crippen LogP contribution in [0.5, 0.6) is 0 Å². The van der Waals surface area contributed by atoms with Gasteiger partial charge in [0.1, 0.15) is 18.2 Å². The molecular weight excluding hydrogens is 250 g/mol. The largest absolute Gasteiger partial charge is 0.480 e. The Morgan fingerprint density at radius 1 is 1.44 bits per heavy atom. The number of rotatable bonds is 4. The van der Waals surface area contributed by atoms with E-state index in [-0.39, 0.29) is 5.92 Å². The standard InChI is InChI=1S/C12H15N3O2S/c1-6(2)8(12(16)17)15-11-10-9(13-5-14-11)7(3)4-18-10/h4-6,8H,1-3H3,(H,16,17)(H,13,14,15)/t8-/m1/s1. The SMILES string of the molecule is Cc1csc2c(N[C@@H](C(=O)O)C(C)C)ncnc12. The molecule has 0 amide bonds. The van der Waals surface area contributed by atoms with Gasteiger partial charge in [-0.15, -0.1) is 11.3 Å². The third kappa shape index (κ3) is 2.28. The first kappa shape index (κ1) is 12.8. The van der Waals surface area contributed by atoms with Gasteiger partial charge >= 0.3 is 5.97 Å². The molecule has 0 aromatic carbocycles. The summed E-state index contributed by atoms with van der Waals surface area (Å²) in [5, 5.41) is 14.2. The molecule has 2 aromatic heterocycles. The van der Waals surface area contributed by atoms with Gasteiger partial charge in [-0.1, -0.05) is 13.8 Å². The average molecular weight is 265 g/mol. The maximum atomic E-state index is 11.2. The highest BCUT2D eigenvalue weighted by molar-refractivity contribution is 7.18. The second-order valence-electron chi connectivity index (χ2n) is 4.52. The summed E-state index contributed by atoms with van der Waals surface area (Å²) in [6.45, 7) is 5.71. The van der Waals surface area contributed by atoms with E-state index in [9.17, 15) is 9.90 Å². The molecule has 2 N–H and O–H groups in total. The third-order valence-electron chi connectivity index (χ3n) is 2.76. The molecule has 6 heteroatoms. The minimum Gasteiger partial charge on any atom is -0.480 e. The van der Waals surface area contributed by atoms with Crippen molar-refractivity contribution in [1.82, 2.24) is 9.97 Å². The molecule has 2 heterocycles. The number of hydrogen-bond acceptors (Lipinski definition) is 5. The zero-order valence-electron chi connectivity index (χ0n) is 10.5. The molecule has 1 atom stereocenters. The zero-order valence-corrected chi connectivity index (χ0v) is 11.3. The predicted octanol–water partition coefficient (Wildman–Crippen LogP) is 2.52. The first-order valence-corrected chi connectivity index (χ1v) is 6.56. The quantitative estimate of drug-likeness (QED) is 0.888. The van der Waals surface area contributed by atoms with Crippen LogP contribution in [-0.2, 0) is 4.79 Å². The Labute approximate surface area is 109 Å². The lowest BCUT2D eigenvalue weighted by Gasteiger charge is -2.18. The number of aryl methyl sites for hydroxylation is 1. The number of nitrogens with zero attached hydrogens (tertiary/aromatic N) is 2. The minimum absolute atomic E-state index is 0.0198. The van der Waals surface area contributed by atoms with Crippen LogP contribution < -0.4 is 5.32 Å². The van der Waals surface area contributed by atoms with E-state index in [4.69, 9.17) is 0 Å². The Morgan fingerprint density at radius 2 is 2.17 bits per heavy atom. The summed E-state index contributed by atoms with van der Waals surface area (Å²) in [6, 6.07) is -0.648. The molecule has 0 saturated carbocycles. The van der Waals surface area contributed by atoms with E-state index in [1.807, 2.05) is 26.2 Å². The predicted molar refractivity (Wildman–Crippen MR) is 72.0 cm³/mol. The Hall–Kier alpha value is -1.69. The van der Waals surface area contributed by atoms with E-state index >= 15 is 0 Å². The molecule has 0 spiro atoms. The molecule has 2 rings (SSSR count). The van der Waals surface area contributed by atoms with Crippen LogP contribution in [-0.4, -0.2) is 27.1 Å². The van der Waals surface area contributed by atoms with Crippen molar-refractivity contribution in [2.75, 3.05) is 5.32 Å². The molecule has 0 unspecified atom stereocenters. The molecule has 0 radical (unpaired) electrons. The summed E-state index contributed by atoms with van der Waals surface area (Å²) in [6.07, 6.45) is 1.46. The Bertz CT molecular complexity index is 580. The molecule has 96 valence electrons. The number of thiophene rings is 1. The van der Waals surface area contributed by atoms with Crippen molar-refractivity contribution >= 4 is 33.3 Å². The molecule has 18 heavy (non-hydrogen) atoms. The molecule has 0 fully saturated rings. The van der Waals surface area contributed by atoms with Crippen molar-refractivity contribution in [1.29, 1.82) is 0 Å². The van der Waals surface area contributed by atoms with Gasteiger partial charge in [0.2, 0.25) is 0 Å². The minimum atomic E-state index is -0.870. The van der Waals surface area contributed by atoms with E-state index < -0.39 is 12.0 Å². The van der Waals surface area contributed by atoms with Crippen LogP contribution in [0.15, 0.2) is 11.7 Å². The summed E-state index contributed by atoms with van der Waals surface area (Å²) < 4.78 is 0.905. The van der Waals surface area contributed by atoms with E-state index in [0.29, 0.717) is 5.82 Å². The van der Waals surface area contributed by atoms with Crippen LogP contribution in [0.4, 0.5) is 5.82 Å². The van der Waals surface area contributed by atoms with Crippen LogP contribution in [0.25, 0.3) is 10.2 Å². The van der Waals surface area contributed by atoms with E-state index in [1.165, 1.54) is 17.7 Å². The fourth-order valence-corrected chi connectivity index (χ4v) is 2.69. The molecule has 0 saturated heterocycles. The Morgan fingerprint density at radius 3 is 2.78 bits per heavy atom. The highest BCUT2D eigenvalue weighted by atomic mass is 32.1. The van der Waals surface area contributed by atoms with Gasteiger partial charge in [-0.25, -0.2) is 14.8 Å². The van der Waals surface area contributed by atoms with E-state index in [2.05, 4.69) is 15.3 Å². The first-order valence-electron chi connectivity index (χ1n) is 5.69. The van der Waals surface area contributed by atoms with Gasteiger partial charge in [0, 0.05) is 0 Å². The number of anilines is 1. The third-order valence-corrected chi connectivity index (χ3v) is 3.85. The molecule has 0 aliphatic carbocycles. The van der Waals surface area contributed by atoms with Crippen molar-refractivity contribution in [2.24, 2.45) is 5.92 Å². The molecule has 0 aliphatic rings. The number of carboxylic acid groups (broad SMARTS) is 1. The lowest BCUT2D eigenvalue weighted by atomic mass is 10.1. The number of aliphatic carboxylic acids is 1. The number of carbonyl (C=O) groups is 1. The van der Waals surface area contributed by atoms with Gasteiger partial charge in [0.25, 0.3) is 0 Å². The van der Waals surface area contributed by atoms with Crippen molar-refractivity contribution in [2.45, 2.75) is 26.8 Å². The van der Waals surface area contributed by atoms with Crippen molar-refractivity contribution < 1.29 is 9.90 Å². The maximum absolute atomic E-state index is 11.2. The molecule has 5 nitrogen and oxygen atoms in total. The second-order valence-corrected chi connectivity index (χ2v) is 5.40. The maximum Gasteiger partial charge on any atom is 0.326 e. The zero-order chi connectivity index (χ0) is 13.3. The fourth-order valence-electron chi connectivity index (χ4n) is 1.73. The number of carboxylic acids is 1. The van der Waals surface area contributed by atoms with Gasteiger partial charge in [0.05, 0.1) is 10.2 Å². The lowest BCUT2D eigenvalue weighted by Crippen LogP contribution is -2.34. The topological polar surface area (TPSA) is 75.1 Å². The van der Waals surface area contributed by atoms with Crippen LogP contribution >= 0.6 is 11.3 Å². The highest BCUT2D eigenvalue weighted by Gasteiger charge is 2.22. The van der Waals surface area contributed by atoms with Gasteiger partial charge in [-0.3, -0.25) is 0 Å². The Kier molecular flexibility index (Phi) is 3.47. The van der Waals surface area contributed by atoms with E-state index in [0.717, 1.165) is 15.8 Å². The van der Waals surface area contributed by atoms with Crippen LogP contribution in [0.1, 0.15) is 19.4 Å².